The monoisotopic (exact) mass is 412 g/mol. The minimum absolute atomic E-state index is 0.107. The SMILES string of the molecule is Cn1nnn(-c2ccc(NC(=O)C3CC(=O)N(c4ccc(Cl)cc4)C3)cc2)c1=O. The lowest BCUT2D eigenvalue weighted by Crippen LogP contribution is -2.28. The van der Waals surface area contributed by atoms with E-state index in [-0.39, 0.29) is 23.9 Å². The maximum atomic E-state index is 12.6. The first-order valence-corrected chi connectivity index (χ1v) is 9.26. The van der Waals surface area contributed by atoms with Gasteiger partial charge in [0.25, 0.3) is 0 Å². The van der Waals surface area contributed by atoms with Crippen LogP contribution in [0.5, 0.6) is 0 Å². The molecule has 1 unspecified atom stereocenters. The number of hydrogen-bond acceptors (Lipinski definition) is 5. The van der Waals surface area contributed by atoms with Crippen LogP contribution in [0.25, 0.3) is 5.69 Å². The number of aryl methyl sites for hydroxylation is 1. The molecule has 0 aliphatic carbocycles. The Labute approximate surface area is 170 Å². The fourth-order valence-corrected chi connectivity index (χ4v) is 3.29. The van der Waals surface area contributed by atoms with Crippen molar-refractivity contribution in [3.63, 3.8) is 0 Å². The summed E-state index contributed by atoms with van der Waals surface area (Å²) in [6.07, 6.45) is 0.140. The predicted octanol–water partition coefficient (Wildman–Crippen LogP) is 1.61. The van der Waals surface area contributed by atoms with E-state index >= 15 is 0 Å². The molecule has 1 aliphatic rings. The fourth-order valence-electron chi connectivity index (χ4n) is 3.16. The predicted molar refractivity (Wildman–Crippen MR) is 107 cm³/mol. The topological polar surface area (TPSA) is 102 Å². The number of carbonyl (C=O) groups is 2. The van der Waals surface area contributed by atoms with Gasteiger partial charge in [0.05, 0.1) is 11.6 Å². The molecule has 9 nitrogen and oxygen atoms in total. The van der Waals surface area contributed by atoms with Crippen molar-refractivity contribution in [1.29, 1.82) is 0 Å². The molecule has 1 saturated heterocycles. The van der Waals surface area contributed by atoms with Gasteiger partial charge in [0.15, 0.2) is 0 Å². The van der Waals surface area contributed by atoms with Gasteiger partial charge in [0.2, 0.25) is 11.8 Å². The average Bonchev–Trinajstić information content (AvgIpc) is 3.26. The average molecular weight is 413 g/mol. The highest BCUT2D eigenvalue weighted by atomic mass is 35.5. The maximum absolute atomic E-state index is 12.6. The third kappa shape index (κ3) is 3.77. The van der Waals surface area contributed by atoms with E-state index in [4.69, 9.17) is 11.6 Å². The second kappa shape index (κ2) is 7.51. The Morgan fingerprint density at radius 1 is 1.03 bits per heavy atom. The van der Waals surface area contributed by atoms with Gasteiger partial charge >= 0.3 is 5.69 Å². The summed E-state index contributed by atoms with van der Waals surface area (Å²) in [6.45, 7) is 0.305. The van der Waals surface area contributed by atoms with Crippen LogP contribution in [0.3, 0.4) is 0 Å². The second-order valence-electron chi connectivity index (χ2n) is 6.71. The van der Waals surface area contributed by atoms with Gasteiger partial charge in [0.1, 0.15) is 0 Å². The Kier molecular flexibility index (Phi) is 4.89. The van der Waals surface area contributed by atoms with Gasteiger partial charge < -0.3 is 10.2 Å². The highest BCUT2D eigenvalue weighted by molar-refractivity contribution is 6.30. The number of tetrazole rings is 1. The number of halogens is 1. The Balaban J connectivity index is 1.43. The van der Waals surface area contributed by atoms with Crippen LogP contribution < -0.4 is 15.9 Å². The van der Waals surface area contributed by atoms with Gasteiger partial charge in [-0.15, -0.1) is 0 Å². The Morgan fingerprint density at radius 2 is 1.69 bits per heavy atom. The van der Waals surface area contributed by atoms with E-state index in [9.17, 15) is 14.4 Å². The van der Waals surface area contributed by atoms with Gasteiger partial charge in [-0.2, -0.15) is 9.36 Å². The molecule has 1 aliphatic heterocycles. The molecule has 3 aromatic rings. The number of anilines is 2. The molecule has 1 atom stereocenters. The molecule has 4 rings (SSSR count). The molecule has 1 N–H and O–H groups in total. The fraction of sp³-hybridized carbons (Fsp3) is 0.211. The van der Waals surface area contributed by atoms with E-state index in [2.05, 4.69) is 15.7 Å². The van der Waals surface area contributed by atoms with Crippen LogP contribution in [-0.4, -0.2) is 38.1 Å². The van der Waals surface area contributed by atoms with Crippen molar-refractivity contribution in [3.05, 3.63) is 64.0 Å². The lowest BCUT2D eigenvalue weighted by atomic mass is 10.1. The summed E-state index contributed by atoms with van der Waals surface area (Å²) in [5.41, 5.74) is 1.45. The number of hydrogen-bond donors (Lipinski definition) is 1. The number of nitrogens with zero attached hydrogens (tertiary/aromatic N) is 5. The lowest BCUT2D eigenvalue weighted by Gasteiger charge is -2.16. The van der Waals surface area contributed by atoms with Crippen molar-refractivity contribution in [2.75, 3.05) is 16.8 Å². The summed E-state index contributed by atoms with van der Waals surface area (Å²) in [5, 5.41) is 10.8. The zero-order valence-electron chi connectivity index (χ0n) is 15.4. The molecule has 2 aromatic carbocycles. The number of rotatable bonds is 4. The standard InChI is InChI=1S/C19H17ClN6O3/c1-24-19(29)26(23-22-24)16-8-4-14(5-9-16)21-18(28)12-10-17(27)25(11-12)15-6-2-13(20)3-7-15/h2-9,12H,10-11H2,1H3,(H,21,28). The van der Waals surface area contributed by atoms with Crippen LogP contribution in [0.1, 0.15) is 6.42 Å². The maximum Gasteiger partial charge on any atom is 0.368 e. The first kappa shape index (κ1) is 18.9. The Hall–Kier alpha value is -3.46. The van der Waals surface area contributed by atoms with E-state index < -0.39 is 5.92 Å². The summed E-state index contributed by atoms with van der Waals surface area (Å²) in [6, 6.07) is 13.6. The van der Waals surface area contributed by atoms with Crippen molar-refractivity contribution in [1.82, 2.24) is 19.8 Å². The Morgan fingerprint density at radius 3 is 2.31 bits per heavy atom. The van der Waals surface area contributed by atoms with Gasteiger partial charge in [-0.05, 0) is 59.0 Å². The number of carbonyl (C=O) groups excluding carboxylic acids is 2. The van der Waals surface area contributed by atoms with E-state index in [1.165, 1.54) is 7.05 Å². The first-order valence-electron chi connectivity index (χ1n) is 8.88. The van der Waals surface area contributed by atoms with Gasteiger partial charge in [-0.1, -0.05) is 11.6 Å². The first-order chi connectivity index (χ1) is 13.9. The summed E-state index contributed by atoms with van der Waals surface area (Å²) in [5.74, 6) is -0.801. The summed E-state index contributed by atoms with van der Waals surface area (Å²) in [4.78, 5) is 38.4. The molecule has 1 aromatic heterocycles. The largest absolute Gasteiger partial charge is 0.368 e. The van der Waals surface area contributed by atoms with Crippen molar-refractivity contribution >= 4 is 34.8 Å². The van der Waals surface area contributed by atoms with Crippen LogP contribution >= 0.6 is 11.6 Å². The Bertz CT molecular complexity index is 1120. The molecular formula is C19H17ClN6O3. The molecule has 29 heavy (non-hydrogen) atoms. The zero-order valence-corrected chi connectivity index (χ0v) is 16.2. The van der Waals surface area contributed by atoms with Crippen LogP contribution in [0.2, 0.25) is 5.02 Å². The third-order valence-corrected chi connectivity index (χ3v) is 4.99. The molecule has 0 bridgehead atoms. The summed E-state index contributed by atoms with van der Waals surface area (Å²) in [7, 11) is 1.51. The van der Waals surface area contributed by atoms with Crippen molar-refractivity contribution in [2.24, 2.45) is 13.0 Å². The summed E-state index contributed by atoms with van der Waals surface area (Å²) < 4.78 is 2.28. The molecule has 1 fully saturated rings. The van der Waals surface area contributed by atoms with Crippen molar-refractivity contribution in [3.8, 4) is 5.69 Å². The lowest BCUT2D eigenvalue weighted by molar-refractivity contribution is -0.122. The molecular weight excluding hydrogens is 396 g/mol. The number of amides is 2. The van der Waals surface area contributed by atoms with Gasteiger partial charge in [0, 0.05) is 36.4 Å². The number of nitrogens with one attached hydrogen (secondary N) is 1. The number of benzene rings is 2. The van der Waals surface area contributed by atoms with Crippen LogP contribution in [0.4, 0.5) is 11.4 Å². The highest BCUT2D eigenvalue weighted by Crippen LogP contribution is 2.27. The third-order valence-electron chi connectivity index (χ3n) is 4.74. The summed E-state index contributed by atoms with van der Waals surface area (Å²) >= 11 is 5.89. The van der Waals surface area contributed by atoms with Crippen molar-refractivity contribution < 1.29 is 9.59 Å². The molecule has 2 amide bonds. The van der Waals surface area contributed by atoms with E-state index in [1.54, 1.807) is 53.4 Å². The molecule has 0 spiro atoms. The van der Waals surface area contributed by atoms with Gasteiger partial charge in [-0.3, -0.25) is 9.59 Å². The van der Waals surface area contributed by atoms with Crippen LogP contribution in [0.15, 0.2) is 53.3 Å². The quantitative estimate of drug-likeness (QED) is 0.701. The van der Waals surface area contributed by atoms with Crippen molar-refractivity contribution in [2.45, 2.75) is 6.42 Å². The smallest absolute Gasteiger partial charge is 0.326 e. The molecule has 10 heteroatoms. The van der Waals surface area contributed by atoms with Crippen LogP contribution in [-0.2, 0) is 16.6 Å². The van der Waals surface area contributed by atoms with E-state index in [0.29, 0.717) is 28.6 Å². The minimum atomic E-state index is -0.458. The van der Waals surface area contributed by atoms with Crippen LogP contribution in [0, 0.1) is 5.92 Å². The molecule has 0 radical (unpaired) electrons. The highest BCUT2D eigenvalue weighted by Gasteiger charge is 2.35. The molecule has 0 saturated carbocycles. The van der Waals surface area contributed by atoms with Gasteiger partial charge in [-0.25, -0.2) is 4.79 Å². The number of aromatic nitrogens is 4. The molecule has 148 valence electrons. The normalized spacial score (nSPS) is 16.3. The van der Waals surface area contributed by atoms with E-state index in [0.717, 1.165) is 9.36 Å². The minimum Gasteiger partial charge on any atom is -0.326 e. The molecule has 2 heterocycles. The van der Waals surface area contributed by atoms with E-state index in [1.807, 2.05) is 0 Å². The zero-order chi connectivity index (χ0) is 20.5. The second-order valence-corrected chi connectivity index (χ2v) is 7.15.